The van der Waals surface area contributed by atoms with Crippen molar-refractivity contribution >= 4 is 11.6 Å². The topological polar surface area (TPSA) is 83.7 Å². The molecular formula is C17H10F3N5O. The second kappa shape index (κ2) is 7.06. The molecule has 0 saturated carbocycles. The predicted octanol–water partition coefficient (Wildman–Crippen LogP) is 4.30. The van der Waals surface area contributed by atoms with Gasteiger partial charge in [0.25, 0.3) is 0 Å². The molecule has 0 saturated heterocycles. The highest BCUT2D eigenvalue weighted by atomic mass is 19.4. The van der Waals surface area contributed by atoms with Gasteiger partial charge in [-0.25, -0.2) is 4.98 Å². The summed E-state index contributed by atoms with van der Waals surface area (Å²) in [5, 5.41) is 11.6. The Morgan fingerprint density at radius 3 is 2.42 bits per heavy atom. The minimum absolute atomic E-state index is 0.0872. The Labute approximate surface area is 145 Å². The molecule has 130 valence electrons. The van der Waals surface area contributed by atoms with Crippen LogP contribution in [-0.4, -0.2) is 15.0 Å². The van der Waals surface area contributed by atoms with Crippen molar-refractivity contribution in [3.05, 3.63) is 66.0 Å². The van der Waals surface area contributed by atoms with Gasteiger partial charge in [-0.1, -0.05) is 12.1 Å². The number of hydrogen-bond donors (Lipinski definition) is 1. The molecule has 0 unspecified atom stereocenters. The van der Waals surface area contributed by atoms with E-state index in [1.807, 2.05) is 6.07 Å². The molecule has 0 aliphatic carbocycles. The molecule has 2 aromatic carbocycles. The SMILES string of the molecule is N#Cc1ccc(Nc2ncnc(Oc3ccccc3C(F)(F)F)n2)cc1. The maximum absolute atomic E-state index is 13.0. The van der Waals surface area contributed by atoms with Gasteiger partial charge in [0, 0.05) is 5.69 Å². The van der Waals surface area contributed by atoms with Gasteiger partial charge in [-0.3, -0.25) is 0 Å². The van der Waals surface area contributed by atoms with E-state index in [9.17, 15) is 13.2 Å². The van der Waals surface area contributed by atoms with Gasteiger partial charge < -0.3 is 10.1 Å². The maximum Gasteiger partial charge on any atom is 0.419 e. The van der Waals surface area contributed by atoms with E-state index in [0.29, 0.717) is 11.3 Å². The standard InChI is InChI=1S/C17H10F3N5O/c18-17(19,20)13-3-1-2-4-14(13)26-16-23-10-22-15(25-16)24-12-7-5-11(9-21)6-8-12/h1-8,10H,(H,22,23,24,25). The van der Waals surface area contributed by atoms with Gasteiger partial charge in [0.15, 0.2) is 0 Å². The summed E-state index contributed by atoms with van der Waals surface area (Å²) in [6.07, 6.45) is -3.45. The fourth-order valence-corrected chi connectivity index (χ4v) is 2.04. The average Bonchev–Trinajstić information content (AvgIpc) is 2.62. The Hall–Kier alpha value is -3.67. The van der Waals surface area contributed by atoms with Crippen LogP contribution in [0.25, 0.3) is 0 Å². The van der Waals surface area contributed by atoms with Crippen LogP contribution in [0.2, 0.25) is 0 Å². The van der Waals surface area contributed by atoms with Crippen LogP contribution in [0.5, 0.6) is 11.8 Å². The van der Waals surface area contributed by atoms with Crippen LogP contribution < -0.4 is 10.1 Å². The van der Waals surface area contributed by atoms with E-state index in [2.05, 4.69) is 20.3 Å². The lowest BCUT2D eigenvalue weighted by Gasteiger charge is -2.12. The van der Waals surface area contributed by atoms with Crippen molar-refractivity contribution in [3.8, 4) is 17.8 Å². The quantitative estimate of drug-likeness (QED) is 0.750. The van der Waals surface area contributed by atoms with E-state index in [4.69, 9.17) is 10.00 Å². The first kappa shape index (κ1) is 17.2. The third kappa shape index (κ3) is 4.05. The summed E-state index contributed by atoms with van der Waals surface area (Å²) in [5.74, 6) is -0.320. The zero-order chi connectivity index (χ0) is 18.6. The number of anilines is 2. The summed E-state index contributed by atoms with van der Waals surface area (Å²) in [6.45, 7) is 0. The molecule has 3 rings (SSSR count). The first-order valence-electron chi connectivity index (χ1n) is 7.26. The van der Waals surface area contributed by atoms with Crippen LogP contribution in [0.1, 0.15) is 11.1 Å². The number of aromatic nitrogens is 3. The Morgan fingerprint density at radius 2 is 1.73 bits per heavy atom. The van der Waals surface area contributed by atoms with E-state index < -0.39 is 17.5 Å². The highest BCUT2D eigenvalue weighted by molar-refractivity contribution is 5.54. The largest absolute Gasteiger partial charge is 0.424 e. The van der Waals surface area contributed by atoms with Gasteiger partial charge in [0.1, 0.15) is 12.1 Å². The number of rotatable bonds is 4. The predicted molar refractivity (Wildman–Crippen MR) is 85.8 cm³/mol. The monoisotopic (exact) mass is 357 g/mol. The smallest absolute Gasteiger partial charge is 0.419 e. The van der Waals surface area contributed by atoms with E-state index in [0.717, 1.165) is 12.4 Å². The van der Waals surface area contributed by atoms with Crippen molar-refractivity contribution in [1.29, 1.82) is 5.26 Å². The van der Waals surface area contributed by atoms with Crippen LogP contribution in [-0.2, 0) is 6.18 Å². The number of benzene rings is 2. The molecule has 6 nitrogen and oxygen atoms in total. The highest BCUT2D eigenvalue weighted by Gasteiger charge is 2.34. The minimum atomic E-state index is -4.56. The molecule has 0 aliphatic rings. The van der Waals surface area contributed by atoms with Crippen LogP contribution in [0.3, 0.4) is 0 Å². The Balaban J connectivity index is 1.81. The summed E-state index contributed by atoms with van der Waals surface area (Å²) in [4.78, 5) is 11.6. The first-order valence-corrected chi connectivity index (χ1v) is 7.26. The molecule has 9 heteroatoms. The van der Waals surface area contributed by atoms with Crippen molar-refractivity contribution in [2.75, 3.05) is 5.32 Å². The van der Waals surface area contributed by atoms with Crippen molar-refractivity contribution < 1.29 is 17.9 Å². The number of nitrogens with one attached hydrogen (secondary N) is 1. The molecule has 0 atom stereocenters. The lowest BCUT2D eigenvalue weighted by Crippen LogP contribution is -2.08. The minimum Gasteiger partial charge on any atom is -0.424 e. The van der Waals surface area contributed by atoms with E-state index >= 15 is 0 Å². The molecule has 0 aliphatic heterocycles. The third-order valence-electron chi connectivity index (χ3n) is 3.21. The van der Waals surface area contributed by atoms with Gasteiger partial charge in [-0.05, 0) is 36.4 Å². The maximum atomic E-state index is 13.0. The number of nitrogens with zero attached hydrogens (tertiary/aromatic N) is 4. The summed E-state index contributed by atoms with van der Waals surface area (Å²) in [6, 6.07) is 13.0. The van der Waals surface area contributed by atoms with Crippen molar-refractivity contribution in [2.45, 2.75) is 6.18 Å². The molecule has 0 spiro atoms. The molecule has 3 aromatic rings. The Morgan fingerprint density at radius 1 is 1.00 bits per heavy atom. The average molecular weight is 357 g/mol. The molecule has 0 bridgehead atoms. The van der Waals surface area contributed by atoms with Crippen molar-refractivity contribution in [1.82, 2.24) is 15.0 Å². The molecule has 1 aromatic heterocycles. The van der Waals surface area contributed by atoms with E-state index in [1.165, 1.54) is 18.2 Å². The number of ether oxygens (including phenoxy) is 1. The van der Waals surface area contributed by atoms with E-state index in [1.54, 1.807) is 24.3 Å². The second-order valence-electron chi connectivity index (χ2n) is 5.00. The van der Waals surface area contributed by atoms with Crippen LogP contribution >= 0.6 is 0 Å². The van der Waals surface area contributed by atoms with Gasteiger partial charge >= 0.3 is 12.2 Å². The molecule has 1 heterocycles. The summed E-state index contributed by atoms with van der Waals surface area (Å²) in [5.41, 5.74) is 0.151. The normalized spacial score (nSPS) is 10.8. The number of hydrogen-bond acceptors (Lipinski definition) is 6. The zero-order valence-corrected chi connectivity index (χ0v) is 13.0. The van der Waals surface area contributed by atoms with Crippen molar-refractivity contribution in [2.24, 2.45) is 0 Å². The van der Waals surface area contributed by atoms with Gasteiger partial charge in [0.05, 0.1) is 17.2 Å². The Bertz CT molecular complexity index is 952. The molecule has 0 radical (unpaired) electrons. The summed E-state index contributed by atoms with van der Waals surface area (Å²) in [7, 11) is 0. The first-order chi connectivity index (χ1) is 12.5. The highest BCUT2D eigenvalue weighted by Crippen LogP contribution is 2.37. The fraction of sp³-hybridized carbons (Fsp3) is 0.0588. The zero-order valence-electron chi connectivity index (χ0n) is 13.0. The lowest BCUT2D eigenvalue weighted by molar-refractivity contribution is -0.138. The lowest BCUT2D eigenvalue weighted by atomic mass is 10.2. The van der Waals surface area contributed by atoms with Crippen LogP contribution in [0.15, 0.2) is 54.9 Å². The molecule has 1 N–H and O–H groups in total. The summed E-state index contributed by atoms with van der Waals surface area (Å²) >= 11 is 0. The number of halogens is 3. The van der Waals surface area contributed by atoms with Gasteiger partial charge in [-0.2, -0.15) is 28.4 Å². The molecule has 0 fully saturated rings. The third-order valence-corrected chi connectivity index (χ3v) is 3.21. The van der Waals surface area contributed by atoms with Gasteiger partial charge in [0.2, 0.25) is 5.95 Å². The van der Waals surface area contributed by atoms with Gasteiger partial charge in [-0.15, -0.1) is 0 Å². The molecule has 26 heavy (non-hydrogen) atoms. The summed E-state index contributed by atoms with van der Waals surface area (Å²) < 4.78 is 44.2. The number of para-hydroxylation sites is 1. The number of nitriles is 1. The number of alkyl halides is 3. The fourth-order valence-electron chi connectivity index (χ4n) is 2.04. The second-order valence-corrected chi connectivity index (χ2v) is 5.00. The van der Waals surface area contributed by atoms with Crippen LogP contribution in [0.4, 0.5) is 24.8 Å². The van der Waals surface area contributed by atoms with E-state index in [-0.39, 0.29) is 12.0 Å². The van der Waals surface area contributed by atoms with Crippen molar-refractivity contribution in [3.63, 3.8) is 0 Å². The Kier molecular flexibility index (Phi) is 4.66. The van der Waals surface area contributed by atoms with Crippen LogP contribution in [0, 0.1) is 11.3 Å². The molecule has 0 amide bonds. The molecular weight excluding hydrogens is 347 g/mol.